The van der Waals surface area contributed by atoms with E-state index in [1.54, 1.807) is 6.20 Å². The zero-order valence-electron chi connectivity index (χ0n) is 18.3. The van der Waals surface area contributed by atoms with Gasteiger partial charge in [-0.05, 0) is 54.3 Å². The van der Waals surface area contributed by atoms with Crippen molar-refractivity contribution >= 4 is 39.3 Å². The number of ketones is 1. The molecule has 8 nitrogen and oxygen atoms in total. The van der Waals surface area contributed by atoms with E-state index in [0.29, 0.717) is 28.5 Å². The Labute approximate surface area is 191 Å². The highest BCUT2D eigenvalue weighted by atomic mass is 32.1. The molecule has 2 aliphatic rings. The Morgan fingerprint density at radius 2 is 2.09 bits per heavy atom. The fraction of sp³-hybridized carbons (Fsp3) is 0.522. The number of ether oxygens (including phenoxy) is 1. The van der Waals surface area contributed by atoms with Gasteiger partial charge in [-0.15, -0.1) is 0 Å². The first kappa shape index (κ1) is 21.4. The Kier molecular flexibility index (Phi) is 5.88. The molecule has 0 spiro atoms. The van der Waals surface area contributed by atoms with Gasteiger partial charge in [0.2, 0.25) is 5.88 Å². The molecule has 3 aromatic heterocycles. The average Bonchev–Trinajstić information content (AvgIpc) is 3.36. The summed E-state index contributed by atoms with van der Waals surface area (Å²) in [6, 6.07) is 2.10. The monoisotopic (exact) mass is 455 g/mol. The molecule has 9 heteroatoms. The predicted molar refractivity (Wildman–Crippen MR) is 125 cm³/mol. The van der Waals surface area contributed by atoms with Crippen LogP contribution in [0.15, 0.2) is 22.9 Å². The molecule has 2 atom stereocenters. The first-order valence-corrected chi connectivity index (χ1v) is 12.0. The lowest BCUT2D eigenvalue weighted by Gasteiger charge is -2.35. The molecule has 0 saturated carbocycles. The van der Waals surface area contributed by atoms with Crippen LogP contribution < -0.4 is 16.4 Å². The second-order valence-corrected chi connectivity index (χ2v) is 9.89. The third-order valence-corrected chi connectivity index (χ3v) is 7.41. The molecular weight excluding hydrogens is 426 g/mol. The molecule has 0 aliphatic carbocycles. The number of rotatable bonds is 5. The van der Waals surface area contributed by atoms with Crippen molar-refractivity contribution in [3.05, 3.63) is 35.2 Å². The largest absolute Gasteiger partial charge is 0.438 e. The summed E-state index contributed by atoms with van der Waals surface area (Å²) in [5, 5.41) is 1.02. The maximum atomic E-state index is 13.3. The lowest BCUT2D eigenvalue weighted by atomic mass is 9.93. The normalized spacial score (nSPS) is 22.5. The number of anilines is 2. The van der Waals surface area contributed by atoms with Crippen molar-refractivity contribution in [3.63, 3.8) is 0 Å². The van der Waals surface area contributed by atoms with E-state index >= 15 is 0 Å². The summed E-state index contributed by atoms with van der Waals surface area (Å²) in [6.07, 6.45) is 6.76. The Bertz CT molecular complexity index is 1110. The molecule has 170 valence electrons. The van der Waals surface area contributed by atoms with Gasteiger partial charge in [0, 0.05) is 56.7 Å². The van der Waals surface area contributed by atoms with E-state index in [-0.39, 0.29) is 24.1 Å². The Morgan fingerprint density at radius 1 is 1.28 bits per heavy atom. The van der Waals surface area contributed by atoms with Crippen LogP contribution in [0, 0.1) is 5.92 Å². The first-order chi connectivity index (χ1) is 15.5. The number of nitrogens with zero attached hydrogens (tertiary/aromatic N) is 3. The number of hydrogen-bond acceptors (Lipinski definition) is 9. The summed E-state index contributed by atoms with van der Waals surface area (Å²) in [5.41, 5.74) is 15.8. The van der Waals surface area contributed by atoms with Crippen molar-refractivity contribution in [2.24, 2.45) is 11.7 Å². The summed E-state index contributed by atoms with van der Waals surface area (Å²) in [6.45, 7) is 5.41. The SMILES string of the molecule is C[C@@H]1C[C@H](N)CN(c2sncc2CC(=O)c2c(N)oc3cc(C4CCOCC4)cnc23)C1. The average molecular weight is 456 g/mol. The van der Waals surface area contributed by atoms with E-state index in [1.165, 1.54) is 11.5 Å². The molecule has 2 fully saturated rings. The van der Waals surface area contributed by atoms with E-state index in [1.807, 2.05) is 12.3 Å². The Balaban J connectivity index is 1.39. The van der Waals surface area contributed by atoms with Gasteiger partial charge in [-0.25, -0.2) is 0 Å². The van der Waals surface area contributed by atoms with Crippen LogP contribution in [-0.4, -0.2) is 47.5 Å². The second-order valence-electron chi connectivity index (χ2n) is 9.11. The molecule has 0 radical (unpaired) electrons. The van der Waals surface area contributed by atoms with Gasteiger partial charge in [-0.3, -0.25) is 9.78 Å². The van der Waals surface area contributed by atoms with Gasteiger partial charge in [0.15, 0.2) is 11.4 Å². The molecule has 3 aromatic rings. The highest BCUT2D eigenvalue weighted by molar-refractivity contribution is 7.10. The van der Waals surface area contributed by atoms with Gasteiger partial charge < -0.3 is 25.5 Å². The van der Waals surface area contributed by atoms with Crippen LogP contribution in [0.25, 0.3) is 11.1 Å². The fourth-order valence-corrected chi connectivity index (χ4v) is 5.78. The van der Waals surface area contributed by atoms with Crippen molar-refractivity contribution in [3.8, 4) is 0 Å². The number of carbonyl (C=O) groups is 1. The smallest absolute Gasteiger partial charge is 0.204 e. The molecule has 4 N–H and O–H groups in total. The first-order valence-electron chi connectivity index (χ1n) is 11.2. The number of fused-ring (bicyclic) bond motifs is 1. The molecular formula is C23H29N5O3S. The topological polar surface area (TPSA) is 120 Å². The minimum absolute atomic E-state index is 0.108. The van der Waals surface area contributed by atoms with Crippen molar-refractivity contribution < 1.29 is 13.9 Å². The highest BCUT2D eigenvalue weighted by Gasteiger charge is 2.28. The van der Waals surface area contributed by atoms with Gasteiger partial charge in [0.1, 0.15) is 16.1 Å². The summed E-state index contributed by atoms with van der Waals surface area (Å²) >= 11 is 1.41. The molecule has 0 amide bonds. The maximum absolute atomic E-state index is 13.3. The zero-order valence-corrected chi connectivity index (χ0v) is 19.1. The highest BCUT2D eigenvalue weighted by Crippen LogP contribution is 2.34. The van der Waals surface area contributed by atoms with Gasteiger partial charge in [-0.2, -0.15) is 4.37 Å². The number of nitrogen functional groups attached to an aromatic ring is 1. The van der Waals surface area contributed by atoms with Crippen LogP contribution in [0.3, 0.4) is 0 Å². The Hall–Kier alpha value is -2.49. The zero-order chi connectivity index (χ0) is 22.2. The number of Topliss-reactive ketones (excluding diaryl/α,β-unsaturated/α-hetero) is 1. The van der Waals surface area contributed by atoms with E-state index in [9.17, 15) is 4.79 Å². The predicted octanol–water partition coefficient (Wildman–Crippen LogP) is 3.36. The third-order valence-electron chi connectivity index (χ3n) is 6.50. The summed E-state index contributed by atoms with van der Waals surface area (Å²) < 4.78 is 15.6. The van der Waals surface area contributed by atoms with Crippen molar-refractivity contribution in [2.45, 2.75) is 44.6 Å². The second kappa shape index (κ2) is 8.80. The summed E-state index contributed by atoms with van der Waals surface area (Å²) in [7, 11) is 0. The molecule has 0 unspecified atom stereocenters. The molecule has 5 rings (SSSR count). The number of aromatic nitrogens is 2. The van der Waals surface area contributed by atoms with Crippen LogP contribution in [0.4, 0.5) is 10.9 Å². The molecule has 5 heterocycles. The van der Waals surface area contributed by atoms with Crippen LogP contribution in [-0.2, 0) is 11.2 Å². The minimum atomic E-state index is -0.108. The van der Waals surface area contributed by atoms with Crippen LogP contribution >= 0.6 is 11.5 Å². The fourth-order valence-electron chi connectivity index (χ4n) is 5.00. The van der Waals surface area contributed by atoms with E-state index in [0.717, 1.165) is 61.7 Å². The van der Waals surface area contributed by atoms with Gasteiger partial charge >= 0.3 is 0 Å². The maximum Gasteiger partial charge on any atom is 0.204 e. The van der Waals surface area contributed by atoms with Gasteiger partial charge in [0.25, 0.3) is 0 Å². The van der Waals surface area contributed by atoms with Gasteiger partial charge in [0.05, 0.1) is 0 Å². The number of pyridine rings is 1. The van der Waals surface area contributed by atoms with E-state index < -0.39 is 0 Å². The third kappa shape index (κ3) is 4.12. The van der Waals surface area contributed by atoms with E-state index in [2.05, 4.69) is 21.2 Å². The molecule has 2 saturated heterocycles. The summed E-state index contributed by atoms with van der Waals surface area (Å²) in [5.74, 6) is 0.916. The van der Waals surface area contributed by atoms with Crippen LogP contribution in [0.2, 0.25) is 0 Å². The van der Waals surface area contributed by atoms with E-state index in [4.69, 9.17) is 20.6 Å². The van der Waals surface area contributed by atoms with Crippen molar-refractivity contribution in [2.75, 3.05) is 36.9 Å². The number of furan rings is 1. The minimum Gasteiger partial charge on any atom is -0.438 e. The number of carbonyl (C=O) groups excluding carboxylic acids is 1. The molecule has 32 heavy (non-hydrogen) atoms. The van der Waals surface area contributed by atoms with Crippen LogP contribution in [0.5, 0.6) is 0 Å². The standard InChI is InChI=1S/C23H29N5O3S/c1-13-6-17(24)12-28(11-13)23-16(10-27-32-23)7-18(29)20-21-19(31-22(20)25)8-15(9-26-21)14-2-4-30-5-3-14/h8-10,13-14,17H,2-7,11-12,24-25H2,1H3/t13-,17+/m1/s1. The molecule has 0 aromatic carbocycles. The Morgan fingerprint density at radius 3 is 2.88 bits per heavy atom. The van der Waals surface area contributed by atoms with Crippen molar-refractivity contribution in [1.29, 1.82) is 0 Å². The summed E-state index contributed by atoms with van der Waals surface area (Å²) in [4.78, 5) is 20.1. The molecule has 2 aliphatic heterocycles. The number of piperidine rings is 1. The van der Waals surface area contributed by atoms with Crippen molar-refractivity contribution in [1.82, 2.24) is 9.36 Å². The quantitative estimate of drug-likeness (QED) is 0.562. The van der Waals surface area contributed by atoms with Gasteiger partial charge in [-0.1, -0.05) is 6.92 Å². The molecule has 0 bridgehead atoms. The number of nitrogens with two attached hydrogens (primary N) is 2. The van der Waals surface area contributed by atoms with Crippen LogP contribution in [0.1, 0.15) is 53.6 Å². The number of hydrogen-bond donors (Lipinski definition) is 2. The lowest BCUT2D eigenvalue weighted by molar-refractivity contribution is 0.0853. The lowest BCUT2D eigenvalue weighted by Crippen LogP contribution is -2.46.